The molecule has 0 aliphatic carbocycles. The van der Waals surface area contributed by atoms with Crippen LogP contribution in [-0.2, 0) is 4.79 Å². The molecular weight excluding hydrogens is 285 g/mol. The second kappa shape index (κ2) is 6.34. The predicted molar refractivity (Wildman–Crippen MR) is 71.9 cm³/mol. The molecule has 0 spiro atoms. The van der Waals surface area contributed by atoms with Crippen LogP contribution in [0.1, 0.15) is 19.8 Å². The fourth-order valence-electron chi connectivity index (χ4n) is 2.31. The lowest BCUT2D eigenvalue weighted by atomic mass is 9.94. The summed E-state index contributed by atoms with van der Waals surface area (Å²) < 4.78 is 40.3. The van der Waals surface area contributed by atoms with E-state index in [1.54, 1.807) is 0 Å². The number of piperidine rings is 1. The van der Waals surface area contributed by atoms with Crippen LogP contribution in [0.25, 0.3) is 0 Å². The van der Waals surface area contributed by atoms with Gasteiger partial charge in [0.05, 0.1) is 6.04 Å². The summed E-state index contributed by atoms with van der Waals surface area (Å²) in [7, 11) is 0. The van der Waals surface area contributed by atoms with Crippen LogP contribution in [-0.4, -0.2) is 24.9 Å². The SMILES string of the molecule is CC1CCNC(C(=O)Nc2cccc(OC(F)(F)F)c2)C1. The van der Waals surface area contributed by atoms with Gasteiger partial charge in [0, 0.05) is 11.8 Å². The molecule has 1 amide bonds. The van der Waals surface area contributed by atoms with Gasteiger partial charge in [0.15, 0.2) is 0 Å². The third-order valence-electron chi connectivity index (χ3n) is 3.32. The van der Waals surface area contributed by atoms with Crippen LogP contribution in [0.4, 0.5) is 18.9 Å². The highest BCUT2D eigenvalue weighted by molar-refractivity contribution is 5.95. The van der Waals surface area contributed by atoms with Crippen molar-refractivity contribution in [2.24, 2.45) is 5.92 Å². The third kappa shape index (κ3) is 4.93. The van der Waals surface area contributed by atoms with Crippen LogP contribution >= 0.6 is 0 Å². The smallest absolute Gasteiger partial charge is 0.406 e. The number of hydrogen-bond acceptors (Lipinski definition) is 3. The number of carbonyl (C=O) groups is 1. The molecule has 1 heterocycles. The average Bonchev–Trinajstić information content (AvgIpc) is 2.37. The molecule has 21 heavy (non-hydrogen) atoms. The molecule has 0 saturated carbocycles. The first kappa shape index (κ1) is 15.6. The van der Waals surface area contributed by atoms with Gasteiger partial charge in [0.25, 0.3) is 0 Å². The maximum atomic E-state index is 12.1. The Labute approximate surface area is 120 Å². The van der Waals surface area contributed by atoms with E-state index in [1.807, 2.05) is 0 Å². The Morgan fingerprint density at radius 3 is 2.86 bits per heavy atom. The van der Waals surface area contributed by atoms with E-state index < -0.39 is 6.36 Å². The van der Waals surface area contributed by atoms with Crippen molar-refractivity contribution >= 4 is 11.6 Å². The molecule has 0 bridgehead atoms. The van der Waals surface area contributed by atoms with E-state index in [4.69, 9.17) is 0 Å². The number of halogens is 3. The molecule has 2 atom stereocenters. The van der Waals surface area contributed by atoms with Crippen LogP contribution in [0, 0.1) is 5.92 Å². The molecule has 1 aliphatic heterocycles. The molecule has 1 fully saturated rings. The van der Waals surface area contributed by atoms with Crippen LogP contribution in [0.2, 0.25) is 0 Å². The van der Waals surface area contributed by atoms with Gasteiger partial charge in [-0.15, -0.1) is 13.2 Å². The van der Waals surface area contributed by atoms with E-state index in [9.17, 15) is 18.0 Å². The van der Waals surface area contributed by atoms with E-state index in [1.165, 1.54) is 18.2 Å². The minimum absolute atomic E-state index is 0.245. The Balaban J connectivity index is 1.99. The van der Waals surface area contributed by atoms with Gasteiger partial charge in [-0.1, -0.05) is 13.0 Å². The maximum Gasteiger partial charge on any atom is 0.573 e. The van der Waals surface area contributed by atoms with Gasteiger partial charge in [0.1, 0.15) is 5.75 Å². The largest absolute Gasteiger partial charge is 0.573 e. The lowest BCUT2D eigenvalue weighted by molar-refractivity contribution is -0.274. The number of nitrogens with one attached hydrogen (secondary N) is 2. The fraction of sp³-hybridized carbons (Fsp3) is 0.500. The number of ether oxygens (including phenoxy) is 1. The predicted octanol–water partition coefficient (Wildman–Crippen LogP) is 2.91. The number of benzene rings is 1. The first-order chi connectivity index (χ1) is 9.83. The Bertz CT molecular complexity index is 505. The van der Waals surface area contributed by atoms with Gasteiger partial charge in [-0.25, -0.2) is 0 Å². The van der Waals surface area contributed by atoms with E-state index in [0.29, 0.717) is 12.3 Å². The van der Waals surface area contributed by atoms with E-state index in [-0.39, 0.29) is 23.4 Å². The van der Waals surface area contributed by atoms with Crippen molar-refractivity contribution in [1.29, 1.82) is 0 Å². The Morgan fingerprint density at radius 2 is 2.19 bits per heavy atom. The summed E-state index contributed by atoms with van der Waals surface area (Å²) in [6.07, 6.45) is -3.02. The molecule has 7 heteroatoms. The molecule has 0 aromatic heterocycles. The topological polar surface area (TPSA) is 50.4 Å². The summed E-state index contributed by atoms with van der Waals surface area (Å²) in [5.74, 6) is -0.155. The number of rotatable bonds is 3. The van der Waals surface area contributed by atoms with Crippen molar-refractivity contribution in [2.45, 2.75) is 32.2 Å². The van der Waals surface area contributed by atoms with Gasteiger partial charge in [-0.05, 0) is 37.4 Å². The molecule has 1 aromatic rings. The number of amides is 1. The molecule has 2 unspecified atom stereocenters. The van der Waals surface area contributed by atoms with Gasteiger partial charge in [-0.3, -0.25) is 4.79 Å². The molecule has 2 N–H and O–H groups in total. The normalized spacial score (nSPS) is 22.7. The monoisotopic (exact) mass is 302 g/mol. The number of hydrogen-bond donors (Lipinski definition) is 2. The second-order valence-electron chi connectivity index (χ2n) is 5.20. The first-order valence-corrected chi connectivity index (χ1v) is 6.73. The zero-order chi connectivity index (χ0) is 15.5. The number of alkyl halides is 3. The van der Waals surface area contributed by atoms with Crippen LogP contribution in [0.5, 0.6) is 5.75 Å². The molecule has 1 aliphatic rings. The fourth-order valence-corrected chi connectivity index (χ4v) is 2.31. The van der Waals surface area contributed by atoms with Crippen LogP contribution < -0.4 is 15.4 Å². The summed E-state index contributed by atoms with van der Waals surface area (Å²) in [4.78, 5) is 12.1. The quantitative estimate of drug-likeness (QED) is 0.902. The van der Waals surface area contributed by atoms with Crippen molar-refractivity contribution in [3.05, 3.63) is 24.3 Å². The summed E-state index contributed by atoms with van der Waals surface area (Å²) >= 11 is 0. The van der Waals surface area contributed by atoms with Gasteiger partial charge >= 0.3 is 6.36 Å². The van der Waals surface area contributed by atoms with Gasteiger partial charge in [0.2, 0.25) is 5.91 Å². The minimum Gasteiger partial charge on any atom is -0.406 e. The Hall–Kier alpha value is -1.76. The second-order valence-corrected chi connectivity index (χ2v) is 5.20. The number of anilines is 1. The van der Waals surface area contributed by atoms with Crippen molar-refractivity contribution in [3.63, 3.8) is 0 Å². The molecule has 4 nitrogen and oxygen atoms in total. The first-order valence-electron chi connectivity index (χ1n) is 6.73. The lowest BCUT2D eigenvalue weighted by Crippen LogP contribution is -2.45. The van der Waals surface area contributed by atoms with E-state index >= 15 is 0 Å². The summed E-state index contributed by atoms with van der Waals surface area (Å²) in [6.45, 7) is 2.83. The zero-order valence-electron chi connectivity index (χ0n) is 11.5. The van der Waals surface area contributed by atoms with Crippen molar-refractivity contribution in [1.82, 2.24) is 5.32 Å². The third-order valence-corrected chi connectivity index (χ3v) is 3.32. The summed E-state index contributed by atoms with van der Waals surface area (Å²) in [5.41, 5.74) is 0.279. The zero-order valence-corrected chi connectivity index (χ0v) is 11.5. The summed E-state index contributed by atoms with van der Waals surface area (Å²) in [6, 6.07) is 4.93. The Morgan fingerprint density at radius 1 is 1.43 bits per heavy atom. The lowest BCUT2D eigenvalue weighted by Gasteiger charge is -2.27. The average molecular weight is 302 g/mol. The summed E-state index contributed by atoms with van der Waals surface area (Å²) in [5, 5.41) is 5.71. The molecule has 1 aromatic carbocycles. The standard InChI is InChI=1S/C14H17F3N2O2/c1-9-5-6-18-12(7-9)13(20)19-10-3-2-4-11(8-10)21-14(15,16)17/h2-4,8-9,12,18H,5-7H2,1H3,(H,19,20). The molecule has 0 radical (unpaired) electrons. The van der Waals surface area contributed by atoms with Crippen LogP contribution in [0.15, 0.2) is 24.3 Å². The number of carbonyl (C=O) groups excluding carboxylic acids is 1. The van der Waals surface area contributed by atoms with Gasteiger partial charge in [-0.2, -0.15) is 0 Å². The minimum atomic E-state index is -4.75. The molecule has 116 valence electrons. The van der Waals surface area contributed by atoms with Crippen molar-refractivity contribution < 1.29 is 22.7 Å². The molecular formula is C14H17F3N2O2. The highest BCUT2D eigenvalue weighted by Gasteiger charge is 2.31. The highest BCUT2D eigenvalue weighted by Crippen LogP contribution is 2.25. The van der Waals surface area contributed by atoms with Gasteiger partial charge < -0.3 is 15.4 Å². The van der Waals surface area contributed by atoms with Crippen LogP contribution in [0.3, 0.4) is 0 Å². The van der Waals surface area contributed by atoms with Crippen molar-refractivity contribution in [2.75, 3.05) is 11.9 Å². The highest BCUT2D eigenvalue weighted by atomic mass is 19.4. The maximum absolute atomic E-state index is 12.1. The molecule has 2 rings (SSSR count). The van der Waals surface area contributed by atoms with E-state index in [2.05, 4.69) is 22.3 Å². The van der Waals surface area contributed by atoms with Crippen molar-refractivity contribution in [3.8, 4) is 5.75 Å². The van der Waals surface area contributed by atoms with E-state index in [0.717, 1.165) is 19.0 Å². The molecule has 1 saturated heterocycles. The Kier molecular flexibility index (Phi) is 4.72.